The van der Waals surface area contributed by atoms with E-state index in [1.165, 1.54) is 16.0 Å². The van der Waals surface area contributed by atoms with Gasteiger partial charge >= 0.3 is 0 Å². The number of aromatic amines is 1. The number of hydrogen-bond acceptors (Lipinski definition) is 3. The molecule has 3 aromatic heterocycles. The molecule has 0 unspecified atom stereocenters. The highest BCUT2D eigenvalue weighted by atomic mass is 32.1. The van der Waals surface area contributed by atoms with Crippen molar-refractivity contribution in [3.63, 3.8) is 0 Å². The Morgan fingerprint density at radius 1 is 1.18 bits per heavy atom. The number of nitrogens with one attached hydrogen (secondary N) is 1. The maximum absolute atomic E-state index is 12.8. The third kappa shape index (κ3) is 3.16. The average molecular weight is 389 g/mol. The lowest BCUT2D eigenvalue weighted by Gasteiger charge is -2.17. The molecule has 5 heteroatoms. The Hall–Kier alpha value is -2.79. The zero-order valence-corrected chi connectivity index (χ0v) is 16.6. The standard InChI is InChI=1S/C23H21N3OS/c1-15-9-10-18-19(12-15)28-23-21(18)22(27)24-20(25-23)14-26-11-5-8-17(13-26)16-6-3-2-4-7-16/h2-8,11,13,15H,9-10,12,14H2,1H3/p+1/t15-/m1/s1. The second-order valence-corrected chi connectivity index (χ2v) is 8.76. The molecule has 5 rings (SSSR count). The third-order valence-electron chi connectivity index (χ3n) is 5.51. The first kappa shape index (κ1) is 17.3. The largest absolute Gasteiger partial charge is 0.305 e. The van der Waals surface area contributed by atoms with Gasteiger partial charge in [0.2, 0.25) is 6.54 Å². The van der Waals surface area contributed by atoms with E-state index in [9.17, 15) is 4.79 Å². The maximum Gasteiger partial charge on any atom is 0.260 e. The van der Waals surface area contributed by atoms with E-state index in [0.717, 1.165) is 35.0 Å². The summed E-state index contributed by atoms with van der Waals surface area (Å²) in [5.74, 6) is 1.40. The predicted molar refractivity (Wildman–Crippen MR) is 113 cm³/mol. The molecule has 0 saturated heterocycles. The molecule has 1 aliphatic rings. The van der Waals surface area contributed by atoms with Crippen LogP contribution < -0.4 is 10.1 Å². The summed E-state index contributed by atoms with van der Waals surface area (Å²) < 4.78 is 2.07. The second kappa shape index (κ2) is 6.99. The van der Waals surface area contributed by atoms with Crippen LogP contribution in [0.5, 0.6) is 0 Å². The summed E-state index contributed by atoms with van der Waals surface area (Å²) in [6, 6.07) is 14.4. The molecule has 4 nitrogen and oxygen atoms in total. The molecule has 0 spiro atoms. The summed E-state index contributed by atoms with van der Waals surface area (Å²) in [4.78, 5) is 22.9. The minimum Gasteiger partial charge on any atom is -0.305 e. The van der Waals surface area contributed by atoms with Crippen LogP contribution in [0.4, 0.5) is 0 Å². The fraction of sp³-hybridized carbons (Fsp3) is 0.261. The van der Waals surface area contributed by atoms with Gasteiger partial charge in [-0.2, -0.15) is 4.57 Å². The van der Waals surface area contributed by atoms with Gasteiger partial charge in [0.25, 0.3) is 5.56 Å². The van der Waals surface area contributed by atoms with Crippen LogP contribution in [0, 0.1) is 5.92 Å². The number of hydrogen-bond donors (Lipinski definition) is 1. The van der Waals surface area contributed by atoms with E-state index >= 15 is 0 Å². The molecule has 0 fully saturated rings. The Kier molecular flexibility index (Phi) is 4.32. The van der Waals surface area contributed by atoms with Crippen LogP contribution in [-0.4, -0.2) is 9.97 Å². The third-order valence-corrected chi connectivity index (χ3v) is 6.66. The normalized spacial score (nSPS) is 16.2. The van der Waals surface area contributed by atoms with Crippen LogP contribution in [-0.2, 0) is 19.4 Å². The number of rotatable bonds is 3. The Morgan fingerprint density at radius 3 is 2.86 bits per heavy atom. The smallest absolute Gasteiger partial charge is 0.260 e. The summed E-state index contributed by atoms with van der Waals surface area (Å²) >= 11 is 1.70. The minimum atomic E-state index is 0.00636. The van der Waals surface area contributed by atoms with E-state index in [1.807, 2.05) is 30.5 Å². The average Bonchev–Trinajstić information content (AvgIpc) is 3.06. The van der Waals surface area contributed by atoms with E-state index in [2.05, 4.69) is 40.9 Å². The molecule has 1 atom stereocenters. The molecule has 0 radical (unpaired) electrons. The van der Waals surface area contributed by atoms with Crippen molar-refractivity contribution >= 4 is 21.6 Å². The molecular formula is C23H22N3OS+. The van der Waals surface area contributed by atoms with Crippen LogP contribution in [0.15, 0.2) is 59.7 Å². The molecule has 1 aliphatic carbocycles. The first-order valence-electron chi connectivity index (χ1n) is 9.75. The summed E-state index contributed by atoms with van der Waals surface area (Å²) in [7, 11) is 0. The number of benzene rings is 1. The maximum atomic E-state index is 12.8. The van der Waals surface area contributed by atoms with Crippen molar-refractivity contribution in [2.24, 2.45) is 5.92 Å². The fourth-order valence-electron chi connectivity index (χ4n) is 4.06. The highest BCUT2D eigenvalue weighted by Crippen LogP contribution is 2.35. The molecule has 3 heterocycles. The highest BCUT2D eigenvalue weighted by molar-refractivity contribution is 7.18. The van der Waals surface area contributed by atoms with Crippen LogP contribution in [0.25, 0.3) is 21.3 Å². The van der Waals surface area contributed by atoms with Crippen LogP contribution in [0.3, 0.4) is 0 Å². The Labute approximate surface area is 167 Å². The molecule has 0 bridgehead atoms. The summed E-state index contributed by atoms with van der Waals surface area (Å²) in [6.45, 7) is 2.83. The quantitative estimate of drug-likeness (QED) is 0.537. The van der Waals surface area contributed by atoms with E-state index in [-0.39, 0.29) is 5.56 Å². The van der Waals surface area contributed by atoms with Gasteiger partial charge in [-0.1, -0.05) is 37.3 Å². The van der Waals surface area contributed by atoms with Crippen molar-refractivity contribution in [2.75, 3.05) is 0 Å². The number of fused-ring (bicyclic) bond motifs is 3. The van der Waals surface area contributed by atoms with Gasteiger partial charge in [0, 0.05) is 16.5 Å². The van der Waals surface area contributed by atoms with E-state index in [0.29, 0.717) is 18.3 Å². The van der Waals surface area contributed by atoms with Crippen molar-refractivity contribution in [1.29, 1.82) is 0 Å². The van der Waals surface area contributed by atoms with Gasteiger partial charge in [-0.05, 0) is 42.4 Å². The summed E-state index contributed by atoms with van der Waals surface area (Å²) in [5, 5.41) is 0.818. The summed E-state index contributed by atoms with van der Waals surface area (Å²) in [6.07, 6.45) is 7.33. The Morgan fingerprint density at radius 2 is 2.00 bits per heavy atom. The van der Waals surface area contributed by atoms with Gasteiger partial charge in [0.05, 0.1) is 5.39 Å². The zero-order chi connectivity index (χ0) is 19.1. The number of aryl methyl sites for hydroxylation is 1. The minimum absolute atomic E-state index is 0.00636. The topological polar surface area (TPSA) is 49.6 Å². The molecule has 4 aromatic rings. The molecule has 1 aromatic carbocycles. The SMILES string of the molecule is C[C@@H]1CCc2c(sc3nc(C[n+]4cccc(-c5ccccc5)c4)[nH]c(=O)c23)C1. The zero-order valence-electron chi connectivity index (χ0n) is 15.8. The highest BCUT2D eigenvalue weighted by Gasteiger charge is 2.23. The molecule has 0 saturated carbocycles. The fourth-order valence-corrected chi connectivity index (χ4v) is 5.47. The lowest BCUT2D eigenvalue weighted by Crippen LogP contribution is -2.35. The number of pyridine rings is 1. The van der Waals surface area contributed by atoms with Crippen LogP contribution in [0.2, 0.25) is 0 Å². The number of aromatic nitrogens is 3. The van der Waals surface area contributed by atoms with Crippen molar-refractivity contribution in [1.82, 2.24) is 9.97 Å². The molecule has 140 valence electrons. The van der Waals surface area contributed by atoms with Crippen LogP contribution >= 0.6 is 11.3 Å². The van der Waals surface area contributed by atoms with Crippen molar-refractivity contribution in [3.05, 3.63) is 81.5 Å². The molecular weight excluding hydrogens is 366 g/mol. The molecule has 1 N–H and O–H groups in total. The van der Waals surface area contributed by atoms with Gasteiger partial charge in [-0.15, -0.1) is 11.3 Å². The Balaban J connectivity index is 1.50. The van der Waals surface area contributed by atoms with Gasteiger partial charge in [-0.25, -0.2) is 4.98 Å². The Bertz CT molecular complexity index is 1210. The van der Waals surface area contributed by atoms with Crippen molar-refractivity contribution in [3.8, 4) is 11.1 Å². The molecule has 0 amide bonds. The van der Waals surface area contributed by atoms with Gasteiger partial charge in [0.15, 0.2) is 18.2 Å². The predicted octanol–water partition coefficient (Wildman–Crippen LogP) is 4.11. The summed E-state index contributed by atoms with van der Waals surface area (Å²) in [5.41, 5.74) is 3.56. The molecule has 0 aliphatic heterocycles. The van der Waals surface area contributed by atoms with Crippen molar-refractivity contribution < 1.29 is 4.57 Å². The number of thiophene rings is 1. The van der Waals surface area contributed by atoms with Gasteiger partial charge in [-0.3, -0.25) is 4.79 Å². The van der Waals surface area contributed by atoms with Gasteiger partial charge < -0.3 is 4.98 Å². The van der Waals surface area contributed by atoms with Gasteiger partial charge in [0.1, 0.15) is 4.83 Å². The second-order valence-electron chi connectivity index (χ2n) is 7.68. The van der Waals surface area contributed by atoms with E-state index in [4.69, 9.17) is 4.98 Å². The van der Waals surface area contributed by atoms with E-state index < -0.39 is 0 Å². The first-order valence-corrected chi connectivity index (χ1v) is 10.6. The first-order chi connectivity index (χ1) is 13.7. The lowest BCUT2D eigenvalue weighted by molar-refractivity contribution is -0.688. The van der Waals surface area contributed by atoms with E-state index in [1.54, 1.807) is 11.3 Å². The monoisotopic (exact) mass is 388 g/mol. The number of nitrogens with zero attached hydrogens (tertiary/aromatic N) is 2. The lowest BCUT2D eigenvalue weighted by atomic mass is 9.89. The molecule has 28 heavy (non-hydrogen) atoms. The van der Waals surface area contributed by atoms with Crippen LogP contribution in [0.1, 0.15) is 29.6 Å². The van der Waals surface area contributed by atoms with Crippen molar-refractivity contribution in [2.45, 2.75) is 32.7 Å². The number of H-pyrrole nitrogens is 1.